The van der Waals surface area contributed by atoms with E-state index >= 15 is 0 Å². The number of carbonyl (C=O) groups excluding carboxylic acids is 1. The van der Waals surface area contributed by atoms with Crippen molar-refractivity contribution in [2.45, 2.75) is 101 Å². The molecule has 8 nitrogen and oxygen atoms in total. The van der Waals surface area contributed by atoms with E-state index in [1.54, 1.807) is 13.8 Å². The van der Waals surface area contributed by atoms with Gasteiger partial charge in [-0.05, 0) is 63.6 Å². The predicted molar refractivity (Wildman–Crippen MR) is 124 cm³/mol. The molecule has 208 valence electrons. The number of alkyl halides is 3. The van der Waals surface area contributed by atoms with E-state index in [1.807, 2.05) is 0 Å². The van der Waals surface area contributed by atoms with Crippen LogP contribution in [0.2, 0.25) is 0 Å². The van der Waals surface area contributed by atoms with Crippen LogP contribution in [0.25, 0.3) is 0 Å². The normalized spacial score (nSPS) is 33.9. The van der Waals surface area contributed by atoms with Crippen LogP contribution >= 0.6 is 0 Å². The van der Waals surface area contributed by atoms with Gasteiger partial charge in [-0.2, -0.15) is 13.2 Å². The summed E-state index contributed by atoms with van der Waals surface area (Å²) in [4.78, 5) is 11.7. The van der Waals surface area contributed by atoms with Crippen LogP contribution in [0, 0.1) is 11.8 Å². The van der Waals surface area contributed by atoms with Crippen molar-refractivity contribution in [3.8, 4) is 5.75 Å². The highest BCUT2D eigenvalue weighted by Gasteiger charge is 2.59. The molecule has 3 N–H and O–H groups in total. The minimum Gasteiger partial charge on any atom is -0.491 e. The lowest BCUT2D eigenvalue weighted by Crippen LogP contribution is -2.33. The number of benzene rings is 1. The summed E-state index contributed by atoms with van der Waals surface area (Å²) in [6.07, 6.45) is -6.20. The Kier molecular flexibility index (Phi) is 8.69. The van der Waals surface area contributed by atoms with E-state index in [2.05, 4.69) is 0 Å². The van der Waals surface area contributed by atoms with Crippen molar-refractivity contribution in [2.24, 2.45) is 11.8 Å². The molecule has 9 atom stereocenters. The predicted octanol–water partition coefficient (Wildman–Crippen LogP) is 2.85. The van der Waals surface area contributed by atoms with Gasteiger partial charge in [-0.15, -0.1) is 0 Å². The highest BCUT2D eigenvalue weighted by molar-refractivity contribution is 5.69. The summed E-state index contributed by atoms with van der Waals surface area (Å²) in [7, 11) is 0. The first-order chi connectivity index (χ1) is 17.4. The Morgan fingerprint density at radius 1 is 1.16 bits per heavy atom. The second-order valence-electron chi connectivity index (χ2n) is 10.5. The number of esters is 1. The number of aliphatic hydroxyl groups is 3. The van der Waals surface area contributed by atoms with Crippen molar-refractivity contribution in [2.75, 3.05) is 6.61 Å². The molecule has 0 aromatic heterocycles. The Hall–Kier alpha value is -1.92. The molecule has 2 saturated heterocycles. The molecule has 4 rings (SSSR count). The SMILES string of the molecule is CC(C)OC(=O)CCCC1OC1C[C@@H]1[C@@H]([C@H]2OC2[C@H](O)COc2cccc(C(F)(F)F)c2)[C@H](O)C[C@@H]1O. The zero-order valence-corrected chi connectivity index (χ0v) is 20.8. The van der Waals surface area contributed by atoms with Crippen LogP contribution in [0.15, 0.2) is 24.3 Å². The van der Waals surface area contributed by atoms with Gasteiger partial charge in [-0.1, -0.05) is 6.07 Å². The number of rotatable bonds is 12. The molecule has 3 unspecified atom stereocenters. The second kappa shape index (κ2) is 11.4. The van der Waals surface area contributed by atoms with Crippen molar-refractivity contribution in [3.05, 3.63) is 29.8 Å². The lowest BCUT2D eigenvalue weighted by Gasteiger charge is -2.22. The number of aliphatic hydroxyl groups excluding tert-OH is 3. The van der Waals surface area contributed by atoms with Crippen molar-refractivity contribution in [1.29, 1.82) is 0 Å². The van der Waals surface area contributed by atoms with E-state index in [4.69, 9.17) is 18.9 Å². The van der Waals surface area contributed by atoms with Crippen LogP contribution in [-0.4, -0.2) is 76.7 Å². The van der Waals surface area contributed by atoms with Gasteiger partial charge >= 0.3 is 12.1 Å². The van der Waals surface area contributed by atoms with E-state index in [-0.39, 0.29) is 49.0 Å². The number of hydrogen-bond donors (Lipinski definition) is 3. The lowest BCUT2D eigenvalue weighted by molar-refractivity contribution is -0.147. The van der Waals surface area contributed by atoms with Crippen LogP contribution in [0.1, 0.15) is 51.5 Å². The Bertz CT molecular complexity index is 925. The summed E-state index contributed by atoms with van der Waals surface area (Å²) in [5.74, 6) is -0.958. The average molecular weight is 533 g/mol. The Morgan fingerprint density at radius 2 is 1.92 bits per heavy atom. The molecule has 1 saturated carbocycles. The minimum atomic E-state index is -4.50. The molecule has 1 aliphatic carbocycles. The number of ether oxygens (including phenoxy) is 4. The zero-order chi connectivity index (χ0) is 26.9. The third-order valence-corrected chi connectivity index (χ3v) is 7.25. The smallest absolute Gasteiger partial charge is 0.416 e. The maximum atomic E-state index is 12.9. The fourth-order valence-electron chi connectivity index (χ4n) is 5.37. The van der Waals surface area contributed by atoms with Gasteiger partial charge in [0.2, 0.25) is 0 Å². The molecule has 0 bridgehead atoms. The zero-order valence-electron chi connectivity index (χ0n) is 20.8. The number of hydrogen-bond acceptors (Lipinski definition) is 8. The van der Waals surface area contributed by atoms with Crippen LogP contribution in [-0.2, 0) is 25.2 Å². The van der Waals surface area contributed by atoms with Crippen molar-refractivity contribution in [3.63, 3.8) is 0 Å². The van der Waals surface area contributed by atoms with Gasteiger partial charge in [0.15, 0.2) is 0 Å². The molecule has 2 heterocycles. The largest absolute Gasteiger partial charge is 0.491 e. The third-order valence-electron chi connectivity index (χ3n) is 7.25. The van der Waals surface area contributed by atoms with Gasteiger partial charge in [0, 0.05) is 12.3 Å². The summed E-state index contributed by atoms with van der Waals surface area (Å²) in [6.45, 7) is 3.32. The van der Waals surface area contributed by atoms with E-state index in [0.717, 1.165) is 12.1 Å². The fraction of sp³-hybridized carbons (Fsp3) is 0.731. The number of epoxide rings is 2. The molecule has 1 aromatic carbocycles. The highest BCUT2D eigenvalue weighted by Crippen LogP contribution is 2.48. The fourth-order valence-corrected chi connectivity index (χ4v) is 5.37. The van der Waals surface area contributed by atoms with E-state index in [9.17, 15) is 33.3 Å². The average Bonchev–Trinajstić information content (AvgIpc) is 3.72. The van der Waals surface area contributed by atoms with E-state index in [1.165, 1.54) is 12.1 Å². The third kappa shape index (κ3) is 7.35. The second-order valence-corrected chi connectivity index (χ2v) is 10.5. The summed E-state index contributed by atoms with van der Waals surface area (Å²) in [5, 5.41) is 31.6. The summed E-state index contributed by atoms with van der Waals surface area (Å²) in [5.41, 5.74) is -0.845. The molecule has 3 fully saturated rings. The van der Waals surface area contributed by atoms with Crippen LogP contribution in [0.3, 0.4) is 0 Å². The number of carbonyl (C=O) groups is 1. The summed E-state index contributed by atoms with van der Waals surface area (Å²) in [6, 6.07) is 4.40. The Balaban J connectivity index is 1.23. The molecule has 0 spiro atoms. The molecule has 1 aromatic rings. The van der Waals surface area contributed by atoms with E-state index in [0.29, 0.717) is 25.7 Å². The van der Waals surface area contributed by atoms with Crippen LogP contribution in [0.5, 0.6) is 5.75 Å². The first kappa shape index (κ1) is 28.1. The van der Waals surface area contributed by atoms with Gasteiger partial charge in [-0.3, -0.25) is 4.79 Å². The van der Waals surface area contributed by atoms with Crippen LogP contribution < -0.4 is 4.74 Å². The maximum absolute atomic E-state index is 12.9. The molecule has 37 heavy (non-hydrogen) atoms. The summed E-state index contributed by atoms with van der Waals surface area (Å²) >= 11 is 0. The standard InChI is InChI=1S/C26H35F3O8/c1-13(2)35-22(33)8-4-7-20-21(36-20)10-16-17(30)11-18(31)23(16)25-24(37-25)19(32)12-34-15-6-3-5-14(9-15)26(27,28)29/h3,5-6,9,13,16-21,23-25,30-32H,4,7-8,10-12H2,1-2H3/t16-,17-,18+,19+,20?,21?,23+,24?,25+/m0/s1. The first-order valence-electron chi connectivity index (χ1n) is 12.8. The van der Waals surface area contributed by atoms with Gasteiger partial charge < -0.3 is 34.3 Å². The van der Waals surface area contributed by atoms with Crippen molar-refractivity contribution in [1.82, 2.24) is 0 Å². The van der Waals surface area contributed by atoms with E-state index < -0.39 is 48.2 Å². The van der Waals surface area contributed by atoms with Gasteiger partial charge in [0.1, 0.15) is 24.6 Å². The minimum absolute atomic E-state index is 0.0141. The van der Waals surface area contributed by atoms with Gasteiger partial charge in [0.05, 0.1) is 42.2 Å². The number of halogens is 3. The molecule has 0 radical (unpaired) electrons. The monoisotopic (exact) mass is 532 g/mol. The lowest BCUT2D eigenvalue weighted by atomic mass is 9.84. The van der Waals surface area contributed by atoms with Crippen LogP contribution in [0.4, 0.5) is 13.2 Å². The highest BCUT2D eigenvalue weighted by atomic mass is 19.4. The molecule has 11 heteroatoms. The maximum Gasteiger partial charge on any atom is 0.416 e. The Labute approximate surface area is 213 Å². The van der Waals surface area contributed by atoms with Gasteiger partial charge in [0.25, 0.3) is 0 Å². The Morgan fingerprint density at radius 3 is 2.62 bits per heavy atom. The van der Waals surface area contributed by atoms with Crippen molar-refractivity contribution >= 4 is 5.97 Å². The summed E-state index contributed by atoms with van der Waals surface area (Å²) < 4.78 is 60.5. The molecular formula is C26H35F3O8. The quantitative estimate of drug-likeness (QED) is 0.278. The first-order valence-corrected chi connectivity index (χ1v) is 12.8. The molecule has 2 aliphatic heterocycles. The molecule has 3 aliphatic rings. The van der Waals surface area contributed by atoms with Gasteiger partial charge in [-0.25, -0.2) is 0 Å². The topological polar surface area (TPSA) is 121 Å². The molecule has 0 amide bonds. The molecular weight excluding hydrogens is 497 g/mol. The van der Waals surface area contributed by atoms with Crippen molar-refractivity contribution < 1.29 is 52.2 Å².